The van der Waals surface area contributed by atoms with Gasteiger partial charge in [-0.1, -0.05) is 25.4 Å². The van der Waals surface area contributed by atoms with Crippen LogP contribution in [0.1, 0.15) is 19.4 Å². The van der Waals surface area contributed by atoms with Crippen molar-refractivity contribution < 1.29 is 26.7 Å². The number of likely N-dealkylation sites (N-methyl/N-ethyl adjacent to an activating group) is 1. The maximum Gasteiger partial charge on any atom is 0.417 e. The topological polar surface area (TPSA) is 67.3 Å². The molecule has 4 rings (SSSR count). The fourth-order valence-corrected chi connectivity index (χ4v) is 5.80. The van der Waals surface area contributed by atoms with Gasteiger partial charge in [-0.2, -0.15) is 13.2 Å². The molecule has 1 aliphatic rings. The van der Waals surface area contributed by atoms with E-state index in [4.69, 9.17) is 16.3 Å². The van der Waals surface area contributed by atoms with Gasteiger partial charge in [0.05, 0.1) is 40.7 Å². The molecule has 0 fully saturated rings. The predicted molar refractivity (Wildman–Crippen MR) is 132 cm³/mol. The summed E-state index contributed by atoms with van der Waals surface area (Å²) in [4.78, 5) is 29.5. The highest BCUT2D eigenvalue weighted by atomic mass is 35.5. The molecule has 200 valence electrons. The van der Waals surface area contributed by atoms with Gasteiger partial charge in [0.15, 0.2) is 0 Å². The lowest BCUT2D eigenvalue weighted by Gasteiger charge is -2.21. The minimum absolute atomic E-state index is 0.0399. The van der Waals surface area contributed by atoms with E-state index in [2.05, 4.69) is 9.88 Å². The van der Waals surface area contributed by atoms with E-state index < -0.39 is 56.9 Å². The van der Waals surface area contributed by atoms with E-state index in [0.29, 0.717) is 25.3 Å². The molecule has 37 heavy (non-hydrogen) atoms. The normalized spacial score (nSPS) is 16.0. The van der Waals surface area contributed by atoms with Gasteiger partial charge in [-0.25, -0.2) is 13.6 Å². The van der Waals surface area contributed by atoms with E-state index in [1.54, 1.807) is 0 Å². The monoisotopic (exact) mass is 563 g/mol. The molecule has 2 aromatic carbocycles. The number of rotatable bonds is 7. The van der Waals surface area contributed by atoms with E-state index in [1.165, 1.54) is 0 Å². The predicted octanol–water partition coefficient (Wildman–Crippen LogP) is 5.14. The van der Waals surface area contributed by atoms with Crippen LogP contribution in [0.5, 0.6) is 0 Å². The van der Waals surface area contributed by atoms with Crippen molar-refractivity contribution >= 4 is 34.3 Å². The minimum Gasteiger partial charge on any atom is -0.374 e. The molecule has 13 heteroatoms. The highest BCUT2D eigenvalue weighted by molar-refractivity contribution is 7.99. The zero-order valence-corrected chi connectivity index (χ0v) is 21.4. The highest BCUT2D eigenvalue weighted by Gasteiger charge is 2.38. The van der Waals surface area contributed by atoms with Gasteiger partial charge in [-0.3, -0.25) is 14.3 Å². The summed E-state index contributed by atoms with van der Waals surface area (Å²) in [6, 6.07) is 1.76. The standard InChI is InChI=1S/C24H23ClF5N3O3S/c1-3-32(4-2)5-6-36-12-10-33-20-14(22(34)31-23(33)35)7-15(24(28,29)30)19(21(20)37-11-12)13-8-16(25)18(27)9-17(13)26/h7-9,12H,3-6,10-11H2,1-2H3,(H,31,34,35)/t12-/m0/s1. The molecule has 0 aliphatic carbocycles. The number of H-pyrrole nitrogens is 1. The molecule has 3 aromatic rings. The number of alkyl halides is 3. The van der Waals surface area contributed by atoms with E-state index >= 15 is 0 Å². The first kappa shape index (κ1) is 27.6. The summed E-state index contributed by atoms with van der Waals surface area (Å²) in [5.41, 5.74) is -4.43. The van der Waals surface area contributed by atoms with Crippen LogP contribution in [0, 0.1) is 11.6 Å². The average molecular weight is 564 g/mol. The van der Waals surface area contributed by atoms with E-state index in [9.17, 15) is 31.5 Å². The summed E-state index contributed by atoms with van der Waals surface area (Å²) in [5.74, 6) is -2.28. The third kappa shape index (κ3) is 5.43. The first-order valence-corrected chi connectivity index (χ1v) is 12.8. The summed E-state index contributed by atoms with van der Waals surface area (Å²) in [7, 11) is 0. The second-order valence-electron chi connectivity index (χ2n) is 8.47. The second-order valence-corrected chi connectivity index (χ2v) is 9.91. The van der Waals surface area contributed by atoms with Crippen molar-refractivity contribution in [3.05, 3.63) is 61.3 Å². The summed E-state index contributed by atoms with van der Waals surface area (Å²) >= 11 is 6.72. The number of nitrogens with one attached hydrogen (secondary N) is 1. The number of nitrogens with zero attached hydrogens (tertiary/aromatic N) is 2. The van der Waals surface area contributed by atoms with Crippen LogP contribution >= 0.6 is 23.4 Å². The first-order valence-electron chi connectivity index (χ1n) is 11.5. The summed E-state index contributed by atoms with van der Waals surface area (Å²) in [6.07, 6.45) is -5.60. The number of thioether (sulfide) groups is 1. The van der Waals surface area contributed by atoms with Crippen LogP contribution < -0.4 is 11.2 Å². The van der Waals surface area contributed by atoms with Crippen molar-refractivity contribution in [1.82, 2.24) is 14.5 Å². The Balaban J connectivity index is 1.94. The van der Waals surface area contributed by atoms with Gasteiger partial charge >= 0.3 is 11.9 Å². The Morgan fingerprint density at radius 1 is 1.16 bits per heavy atom. The van der Waals surface area contributed by atoms with Gasteiger partial charge < -0.3 is 9.64 Å². The molecule has 0 radical (unpaired) electrons. The van der Waals surface area contributed by atoms with Gasteiger partial charge in [0, 0.05) is 34.4 Å². The zero-order chi connectivity index (χ0) is 27.1. The van der Waals surface area contributed by atoms with Crippen LogP contribution in [0.3, 0.4) is 0 Å². The Morgan fingerprint density at radius 2 is 1.86 bits per heavy atom. The smallest absolute Gasteiger partial charge is 0.374 e. The third-order valence-electron chi connectivity index (χ3n) is 6.28. The van der Waals surface area contributed by atoms with Crippen LogP contribution in [-0.2, 0) is 17.5 Å². The maximum absolute atomic E-state index is 14.9. The van der Waals surface area contributed by atoms with Gasteiger partial charge in [0.2, 0.25) is 0 Å². The van der Waals surface area contributed by atoms with Gasteiger partial charge in [0.1, 0.15) is 11.6 Å². The summed E-state index contributed by atoms with van der Waals surface area (Å²) in [6.45, 7) is 6.49. The van der Waals surface area contributed by atoms with E-state index in [0.717, 1.165) is 35.5 Å². The summed E-state index contributed by atoms with van der Waals surface area (Å²) in [5, 5.41) is -0.952. The number of ether oxygens (including phenoxy) is 1. The van der Waals surface area contributed by atoms with E-state index in [1.807, 2.05) is 13.8 Å². The molecule has 1 atom stereocenters. The Kier molecular flexibility index (Phi) is 8.03. The lowest BCUT2D eigenvalue weighted by atomic mass is 9.96. The zero-order valence-electron chi connectivity index (χ0n) is 19.8. The number of hydrogen-bond donors (Lipinski definition) is 1. The lowest BCUT2D eigenvalue weighted by molar-refractivity contribution is -0.137. The van der Waals surface area contributed by atoms with Gasteiger partial charge in [-0.05, 0) is 25.2 Å². The number of hydrogen-bond acceptors (Lipinski definition) is 5. The van der Waals surface area contributed by atoms with E-state index in [-0.39, 0.29) is 28.1 Å². The van der Waals surface area contributed by atoms with Crippen LogP contribution in [0.15, 0.2) is 32.7 Å². The Labute approximate surface area is 217 Å². The van der Waals surface area contributed by atoms with Crippen molar-refractivity contribution in [3.63, 3.8) is 0 Å². The molecule has 0 spiro atoms. The number of halogens is 6. The number of aromatic amines is 1. The molecule has 0 saturated heterocycles. The molecule has 6 nitrogen and oxygen atoms in total. The first-order chi connectivity index (χ1) is 17.5. The molecule has 0 bridgehead atoms. The molecular formula is C24H23ClF5N3O3S. The maximum atomic E-state index is 14.9. The van der Waals surface area contributed by atoms with Gasteiger partial charge in [-0.15, -0.1) is 11.8 Å². The molecule has 2 heterocycles. The Hall–Kier alpha value is -2.41. The van der Waals surface area contributed by atoms with Crippen molar-refractivity contribution in [3.8, 4) is 11.1 Å². The largest absolute Gasteiger partial charge is 0.417 e. The molecule has 0 saturated carbocycles. The molecule has 1 N–H and O–H groups in total. The lowest BCUT2D eigenvalue weighted by Crippen LogP contribution is -2.35. The van der Waals surface area contributed by atoms with Crippen LogP contribution in [0.4, 0.5) is 22.0 Å². The third-order valence-corrected chi connectivity index (χ3v) is 7.79. The van der Waals surface area contributed by atoms with Crippen molar-refractivity contribution in [1.29, 1.82) is 0 Å². The van der Waals surface area contributed by atoms with Crippen LogP contribution in [0.25, 0.3) is 22.0 Å². The molecule has 0 unspecified atom stereocenters. The molecule has 0 amide bonds. The SMILES string of the molecule is CCN(CC)CCO[C@@H]1CSc2c(-c3cc(Cl)c(F)cc3F)c(C(F)(F)F)cc3c(=O)[nH]c(=O)n(c23)C1. The highest BCUT2D eigenvalue weighted by Crippen LogP contribution is 2.47. The summed E-state index contributed by atoms with van der Waals surface area (Å²) < 4.78 is 78.7. The molecular weight excluding hydrogens is 541 g/mol. The van der Waals surface area contributed by atoms with Crippen molar-refractivity contribution in [2.45, 2.75) is 37.6 Å². The number of aromatic nitrogens is 2. The quantitative estimate of drug-likeness (QED) is 0.318. The van der Waals surface area contributed by atoms with Crippen molar-refractivity contribution in [2.24, 2.45) is 0 Å². The Bertz CT molecular complexity index is 1450. The fraction of sp³-hybridized carbons (Fsp3) is 0.417. The molecule has 1 aromatic heterocycles. The van der Waals surface area contributed by atoms with Gasteiger partial charge in [0.25, 0.3) is 5.56 Å². The minimum atomic E-state index is -5.01. The fourth-order valence-electron chi connectivity index (χ4n) is 4.36. The molecule has 1 aliphatic heterocycles. The van der Waals surface area contributed by atoms with Crippen LogP contribution in [0.2, 0.25) is 5.02 Å². The van der Waals surface area contributed by atoms with Crippen molar-refractivity contribution in [2.75, 3.05) is 32.0 Å². The van der Waals surface area contributed by atoms with Crippen LogP contribution in [-0.4, -0.2) is 52.5 Å². The number of benzene rings is 2. The Morgan fingerprint density at radius 3 is 2.51 bits per heavy atom. The second kappa shape index (κ2) is 10.8. The average Bonchev–Trinajstić information content (AvgIpc) is 3.02.